The lowest BCUT2D eigenvalue weighted by Crippen LogP contribution is -2.58. The molecule has 6 heteroatoms. The van der Waals surface area contributed by atoms with E-state index in [-0.39, 0.29) is 18.6 Å². The summed E-state index contributed by atoms with van der Waals surface area (Å²) in [7, 11) is 0. The first-order chi connectivity index (χ1) is 11.2. The maximum Gasteiger partial charge on any atom is 0.196 e. The van der Waals surface area contributed by atoms with Crippen LogP contribution in [0.15, 0.2) is 23.2 Å². The topological polar surface area (TPSA) is 82.7 Å². The molecule has 0 aromatic heterocycles. The maximum atomic E-state index is 14.1. The Bertz CT molecular complexity index is 777. The number of ketones is 1. The molecule has 1 heterocycles. The largest absolute Gasteiger partial charge is 0.484 e. The van der Waals surface area contributed by atoms with Crippen LogP contribution < -0.4 is 4.74 Å². The third-order valence-corrected chi connectivity index (χ3v) is 5.05. The fourth-order valence-electron chi connectivity index (χ4n) is 3.12. The standard InChI is InChI=1S/C18H19FN2O3/c1-17(2)18(3,23)16(21-12-5-6-13(22)15(12)19)11-8-10(9-20)4-7-14(11)24-17/h4,7-8,15-16,23H,5-6H2,1-3H3. The Morgan fingerprint density at radius 2 is 2.08 bits per heavy atom. The van der Waals surface area contributed by atoms with Crippen LogP contribution >= 0.6 is 0 Å². The molecule has 1 aliphatic heterocycles. The molecule has 24 heavy (non-hydrogen) atoms. The van der Waals surface area contributed by atoms with Crippen molar-refractivity contribution in [3.8, 4) is 11.8 Å². The number of ether oxygens (including phenoxy) is 1. The first-order valence-corrected chi connectivity index (χ1v) is 7.86. The summed E-state index contributed by atoms with van der Waals surface area (Å²) in [6.45, 7) is 5.04. The Balaban J connectivity index is 2.16. The molecule has 3 atom stereocenters. The molecule has 1 N–H and O–H groups in total. The van der Waals surface area contributed by atoms with E-state index in [0.29, 0.717) is 16.9 Å². The van der Waals surface area contributed by atoms with E-state index in [1.54, 1.807) is 39.0 Å². The third-order valence-electron chi connectivity index (χ3n) is 5.05. The molecule has 1 fully saturated rings. The second-order valence-electron chi connectivity index (χ2n) is 6.98. The smallest absolute Gasteiger partial charge is 0.196 e. The van der Waals surface area contributed by atoms with Crippen LogP contribution in [-0.2, 0) is 4.79 Å². The van der Waals surface area contributed by atoms with Crippen LogP contribution in [0.2, 0.25) is 0 Å². The lowest BCUT2D eigenvalue weighted by molar-refractivity contribution is -0.131. The molecule has 126 valence electrons. The number of fused-ring (bicyclic) bond motifs is 1. The van der Waals surface area contributed by atoms with Crippen molar-refractivity contribution in [1.29, 1.82) is 5.26 Å². The van der Waals surface area contributed by atoms with Gasteiger partial charge in [0.1, 0.15) is 23.0 Å². The second-order valence-corrected chi connectivity index (χ2v) is 6.98. The summed E-state index contributed by atoms with van der Waals surface area (Å²) >= 11 is 0. The number of aliphatic hydroxyl groups is 1. The predicted octanol–water partition coefficient (Wildman–Crippen LogP) is 2.66. The van der Waals surface area contributed by atoms with Crippen molar-refractivity contribution in [2.24, 2.45) is 4.99 Å². The molecule has 3 rings (SSSR count). The Labute approximate surface area is 139 Å². The monoisotopic (exact) mass is 330 g/mol. The summed E-state index contributed by atoms with van der Waals surface area (Å²) in [6.07, 6.45) is -1.34. The lowest BCUT2D eigenvalue weighted by atomic mass is 9.75. The van der Waals surface area contributed by atoms with Gasteiger partial charge in [0, 0.05) is 12.0 Å². The van der Waals surface area contributed by atoms with E-state index in [9.17, 15) is 14.3 Å². The molecule has 1 aromatic carbocycles. The van der Waals surface area contributed by atoms with E-state index in [1.165, 1.54) is 0 Å². The Hall–Kier alpha value is -2.26. The Morgan fingerprint density at radius 3 is 2.67 bits per heavy atom. The zero-order valence-electron chi connectivity index (χ0n) is 13.8. The number of carbonyl (C=O) groups excluding carboxylic acids is 1. The summed E-state index contributed by atoms with van der Waals surface area (Å²) in [4.78, 5) is 15.9. The quantitative estimate of drug-likeness (QED) is 0.858. The van der Waals surface area contributed by atoms with Crippen LogP contribution in [0.5, 0.6) is 5.75 Å². The van der Waals surface area contributed by atoms with Gasteiger partial charge in [0.15, 0.2) is 12.0 Å². The van der Waals surface area contributed by atoms with E-state index in [1.807, 2.05) is 6.07 Å². The van der Waals surface area contributed by atoms with Crippen molar-refractivity contribution in [3.63, 3.8) is 0 Å². The number of rotatable bonds is 1. The van der Waals surface area contributed by atoms with Gasteiger partial charge in [-0.25, -0.2) is 4.39 Å². The third kappa shape index (κ3) is 2.40. The number of alkyl halides is 1. The normalized spacial score (nSPS) is 33.0. The van der Waals surface area contributed by atoms with E-state index < -0.39 is 29.2 Å². The van der Waals surface area contributed by atoms with Crippen LogP contribution in [0.4, 0.5) is 4.39 Å². The number of benzene rings is 1. The molecule has 0 radical (unpaired) electrons. The van der Waals surface area contributed by atoms with Crippen LogP contribution in [0.3, 0.4) is 0 Å². The molecular formula is C18H19FN2O3. The van der Waals surface area contributed by atoms with Crippen molar-refractivity contribution in [2.45, 2.75) is 57.0 Å². The first-order valence-electron chi connectivity index (χ1n) is 7.86. The highest BCUT2D eigenvalue weighted by Gasteiger charge is 2.53. The summed E-state index contributed by atoms with van der Waals surface area (Å²) in [6, 6.07) is 6.10. The van der Waals surface area contributed by atoms with Crippen molar-refractivity contribution >= 4 is 11.5 Å². The van der Waals surface area contributed by atoms with Crippen molar-refractivity contribution in [3.05, 3.63) is 29.3 Å². The van der Waals surface area contributed by atoms with Gasteiger partial charge in [-0.2, -0.15) is 5.26 Å². The summed E-state index contributed by atoms with van der Waals surface area (Å²) in [5.41, 5.74) is -1.34. The van der Waals surface area contributed by atoms with Gasteiger partial charge in [0.25, 0.3) is 0 Å². The minimum absolute atomic E-state index is 0.125. The van der Waals surface area contributed by atoms with E-state index >= 15 is 0 Å². The minimum atomic E-state index is -1.71. The molecule has 5 nitrogen and oxygen atoms in total. The molecule has 3 unspecified atom stereocenters. The number of carbonyl (C=O) groups is 1. The van der Waals surface area contributed by atoms with Gasteiger partial charge >= 0.3 is 0 Å². The van der Waals surface area contributed by atoms with Crippen molar-refractivity contribution in [2.75, 3.05) is 0 Å². The average Bonchev–Trinajstić information content (AvgIpc) is 2.83. The summed E-state index contributed by atoms with van der Waals surface area (Å²) < 4.78 is 19.9. The Morgan fingerprint density at radius 1 is 1.38 bits per heavy atom. The predicted molar refractivity (Wildman–Crippen MR) is 85.8 cm³/mol. The van der Waals surface area contributed by atoms with Crippen LogP contribution in [0.25, 0.3) is 0 Å². The zero-order valence-corrected chi connectivity index (χ0v) is 13.8. The zero-order chi connectivity index (χ0) is 17.7. The van der Waals surface area contributed by atoms with E-state index in [0.717, 1.165) is 0 Å². The number of hydrogen-bond donors (Lipinski definition) is 1. The van der Waals surface area contributed by atoms with Crippen LogP contribution in [0, 0.1) is 11.3 Å². The average molecular weight is 330 g/mol. The number of nitriles is 1. The van der Waals surface area contributed by atoms with Crippen LogP contribution in [0.1, 0.15) is 50.8 Å². The molecule has 0 spiro atoms. The van der Waals surface area contributed by atoms with E-state index in [4.69, 9.17) is 10.00 Å². The first kappa shape index (κ1) is 16.6. The van der Waals surface area contributed by atoms with Gasteiger partial charge in [-0.3, -0.25) is 9.79 Å². The highest BCUT2D eigenvalue weighted by atomic mass is 19.1. The molecule has 2 aliphatic rings. The van der Waals surface area contributed by atoms with Crippen molar-refractivity contribution < 1.29 is 19.0 Å². The number of hydrogen-bond acceptors (Lipinski definition) is 5. The maximum absolute atomic E-state index is 14.1. The molecule has 0 saturated heterocycles. The van der Waals surface area contributed by atoms with Gasteiger partial charge in [0.2, 0.25) is 0 Å². The van der Waals surface area contributed by atoms with Crippen LogP contribution in [-0.4, -0.2) is 34.0 Å². The highest BCUT2D eigenvalue weighted by Crippen LogP contribution is 2.48. The molecule has 0 amide bonds. The lowest BCUT2D eigenvalue weighted by Gasteiger charge is -2.48. The van der Waals surface area contributed by atoms with Gasteiger partial charge < -0.3 is 9.84 Å². The van der Waals surface area contributed by atoms with Gasteiger partial charge in [-0.1, -0.05) is 0 Å². The van der Waals surface area contributed by atoms with Gasteiger partial charge in [-0.05, 0) is 45.4 Å². The number of aliphatic imine (C=N–C) groups is 1. The second kappa shape index (κ2) is 5.38. The number of halogens is 1. The van der Waals surface area contributed by atoms with Gasteiger partial charge in [0.05, 0.1) is 17.3 Å². The highest BCUT2D eigenvalue weighted by molar-refractivity contribution is 6.13. The summed E-state index contributed by atoms with van der Waals surface area (Å²) in [5.74, 6) is 0.0188. The summed E-state index contributed by atoms with van der Waals surface area (Å²) in [5, 5.41) is 20.2. The molecule has 1 aliphatic carbocycles. The molecule has 1 saturated carbocycles. The number of Topliss-reactive ketones (excluding diaryl/α,β-unsaturated/α-hetero) is 1. The molecule has 0 bridgehead atoms. The van der Waals surface area contributed by atoms with E-state index in [2.05, 4.69) is 4.99 Å². The Kier molecular flexibility index (Phi) is 3.72. The van der Waals surface area contributed by atoms with Gasteiger partial charge in [-0.15, -0.1) is 0 Å². The number of nitrogens with zero attached hydrogens (tertiary/aromatic N) is 2. The fourth-order valence-corrected chi connectivity index (χ4v) is 3.12. The minimum Gasteiger partial charge on any atom is -0.484 e. The van der Waals surface area contributed by atoms with Crippen molar-refractivity contribution in [1.82, 2.24) is 0 Å². The SMILES string of the molecule is CC1(C)Oc2ccc(C#N)cc2C(N=C2CCC(=O)C2F)C1(C)O. The molecular weight excluding hydrogens is 311 g/mol. The molecule has 1 aromatic rings. The fraction of sp³-hybridized carbons (Fsp3) is 0.500.